The number of phenols is 2. The second-order valence-electron chi connectivity index (χ2n) is 7.61. The van der Waals surface area contributed by atoms with E-state index in [9.17, 15) is 29.9 Å². The molecule has 9 heteroatoms. The molecule has 3 aliphatic carbocycles. The first-order valence-electron chi connectivity index (χ1n) is 8.65. The van der Waals surface area contributed by atoms with Crippen LogP contribution in [-0.4, -0.2) is 38.2 Å². The van der Waals surface area contributed by atoms with Gasteiger partial charge in [-0.1, -0.05) is 12.2 Å². The maximum atomic E-state index is 12.8. The number of fused-ring (bicyclic) bond motifs is 3. The molecule has 4 atom stereocenters. The first kappa shape index (κ1) is 16.0. The van der Waals surface area contributed by atoms with Gasteiger partial charge in [0, 0.05) is 17.7 Å². The lowest BCUT2D eigenvalue weighted by Gasteiger charge is -2.18. The monoisotopic (exact) mass is 369 g/mol. The van der Waals surface area contributed by atoms with Crippen LogP contribution < -0.4 is 0 Å². The van der Waals surface area contributed by atoms with Crippen LogP contribution in [-0.2, 0) is 9.59 Å². The van der Waals surface area contributed by atoms with Gasteiger partial charge in [0.1, 0.15) is 5.75 Å². The molecule has 4 aliphatic rings. The molecular formula is C18H15N3O6. The van der Waals surface area contributed by atoms with Crippen molar-refractivity contribution in [2.45, 2.75) is 12.8 Å². The molecule has 0 aromatic heterocycles. The zero-order valence-corrected chi connectivity index (χ0v) is 14.0. The number of hydrogen-bond donors (Lipinski definition) is 2. The van der Waals surface area contributed by atoms with Gasteiger partial charge >= 0.3 is 5.69 Å². The van der Waals surface area contributed by atoms with E-state index in [1.807, 2.05) is 12.2 Å². The predicted molar refractivity (Wildman–Crippen MR) is 90.6 cm³/mol. The molecule has 1 aliphatic heterocycles. The third kappa shape index (κ3) is 1.91. The summed E-state index contributed by atoms with van der Waals surface area (Å²) in [6, 6.07) is 1.76. The lowest BCUT2D eigenvalue weighted by Crippen LogP contribution is -2.30. The lowest BCUT2D eigenvalue weighted by molar-refractivity contribution is -0.385. The number of benzene rings is 1. The summed E-state index contributed by atoms with van der Waals surface area (Å²) >= 11 is 0. The predicted octanol–water partition coefficient (Wildman–Crippen LogP) is 1.54. The van der Waals surface area contributed by atoms with Gasteiger partial charge in [-0.25, -0.2) is 0 Å². The van der Waals surface area contributed by atoms with Crippen molar-refractivity contribution < 1.29 is 24.7 Å². The van der Waals surface area contributed by atoms with Gasteiger partial charge in [0.15, 0.2) is 5.75 Å². The highest BCUT2D eigenvalue weighted by molar-refractivity contribution is 6.07. The standard InChI is InChI=1S/C18H15N3O6/c22-12-6-13(23)11(21(26)27)5-8(12)7-19-20-16(24)14-9-1-2-10(15(14)17(20)25)18(9)3-4-18/h1-2,5-7,9-10,14-15,22-23H,3-4H2/b19-7+. The van der Waals surface area contributed by atoms with Gasteiger partial charge in [-0.3, -0.25) is 19.7 Å². The van der Waals surface area contributed by atoms with Crippen molar-refractivity contribution in [2.75, 3.05) is 0 Å². The van der Waals surface area contributed by atoms with E-state index in [1.165, 1.54) is 0 Å². The number of nitro groups is 1. The maximum Gasteiger partial charge on any atom is 0.311 e. The molecule has 5 rings (SSSR count). The van der Waals surface area contributed by atoms with E-state index in [0.29, 0.717) is 0 Å². The fourth-order valence-corrected chi connectivity index (χ4v) is 5.13. The van der Waals surface area contributed by atoms with E-state index in [2.05, 4.69) is 5.10 Å². The average Bonchev–Trinajstić information content (AvgIpc) is 3.21. The van der Waals surface area contributed by atoms with Gasteiger partial charge in [-0.2, -0.15) is 10.1 Å². The van der Waals surface area contributed by atoms with Crippen molar-refractivity contribution in [1.82, 2.24) is 5.01 Å². The topological polar surface area (TPSA) is 133 Å². The van der Waals surface area contributed by atoms with Gasteiger partial charge in [0.25, 0.3) is 11.8 Å². The third-order valence-corrected chi connectivity index (χ3v) is 6.46. The number of nitro benzene ring substituents is 1. The molecule has 1 spiro atoms. The van der Waals surface area contributed by atoms with E-state index < -0.39 is 33.9 Å². The Morgan fingerprint density at radius 2 is 1.70 bits per heavy atom. The number of hydrazone groups is 1. The van der Waals surface area contributed by atoms with Crippen molar-refractivity contribution in [3.8, 4) is 11.5 Å². The molecule has 2 bridgehead atoms. The smallest absolute Gasteiger partial charge is 0.311 e. The summed E-state index contributed by atoms with van der Waals surface area (Å²) in [6.45, 7) is 0. The van der Waals surface area contributed by atoms with Crippen LogP contribution in [0.4, 0.5) is 5.69 Å². The Bertz CT molecular complexity index is 946. The molecule has 1 aromatic carbocycles. The Morgan fingerprint density at radius 3 is 2.22 bits per heavy atom. The molecule has 1 aromatic rings. The SMILES string of the molecule is O=C1C2C(C(=O)N1/N=C/c1cc([N+](=O)[O-])c(O)cc1O)C1C=CC2C12CC2. The van der Waals surface area contributed by atoms with Gasteiger partial charge in [0.05, 0.1) is 23.0 Å². The highest BCUT2D eigenvalue weighted by atomic mass is 16.6. The summed E-state index contributed by atoms with van der Waals surface area (Å²) in [5.41, 5.74) is -0.591. The van der Waals surface area contributed by atoms with Crippen LogP contribution >= 0.6 is 0 Å². The van der Waals surface area contributed by atoms with Crippen LogP contribution in [0.3, 0.4) is 0 Å². The Hall–Kier alpha value is -3.23. The summed E-state index contributed by atoms with van der Waals surface area (Å²) in [4.78, 5) is 35.7. The molecule has 27 heavy (non-hydrogen) atoms. The van der Waals surface area contributed by atoms with Crippen LogP contribution in [0.1, 0.15) is 18.4 Å². The molecule has 3 fully saturated rings. The number of carbonyl (C=O) groups is 2. The normalized spacial score (nSPS) is 32.1. The van der Waals surface area contributed by atoms with Crippen LogP contribution in [0.25, 0.3) is 0 Å². The zero-order chi connectivity index (χ0) is 19.1. The molecule has 138 valence electrons. The number of nitrogens with zero attached hydrogens (tertiary/aromatic N) is 3. The first-order valence-corrected chi connectivity index (χ1v) is 8.65. The van der Waals surface area contributed by atoms with E-state index in [-0.39, 0.29) is 34.6 Å². The van der Waals surface area contributed by atoms with Crippen molar-refractivity contribution in [2.24, 2.45) is 34.2 Å². The first-order chi connectivity index (χ1) is 12.8. The minimum absolute atomic E-state index is 0.0723. The number of hydrogen-bond acceptors (Lipinski definition) is 7. The van der Waals surface area contributed by atoms with E-state index in [1.54, 1.807) is 0 Å². The summed E-state index contributed by atoms with van der Waals surface area (Å²) in [6.07, 6.45) is 7.20. The molecular weight excluding hydrogens is 354 g/mol. The van der Waals surface area contributed by atoms with Gasteiger partial charge < -0.3 is 10.2 Å². The fraction of sp³-hybridized carbons (Fsp3) is 0.389. The number of aromatic hydroxyl groups is 2. The minimum Gasteiger partial charge on any atom is -0.507 e. The summed E-state index contributed by atoms with van der Waals surface area (Å²) in [5.74, 6) is -2.49. The maximum absolute atomic E-state index is 12.8. The second-order valence-corrected chi connectivity index (χ2v) is 7.61. The minimum atomic E-state index is -0.804. The molecule has 1 heterocycles. The van der Waals surface area contributed by atoms with Crippen molar-refractivity contribution in [1.29, 1.82) is 0 Å². The summed E-state index contributed by atoms with van der Waals surface area (Å²) in [5, 5.41) is 35.0. The number of imide groups is 1. The highest BCUT2D eigenvalue weighted by Crippen LogP contribution is 2.73. The van der Waals surface area contributed by atoms with Crippen LogP contribution in [0, 0.1) is 39.2 Å². The summed E-state index contributed by atoms with van der Waals surface area (Å²) in [7, 11) is 0. The van der Waals surface area contributed by atoms with Crippen molar-refractivity contribution >= 4 is 23.7 Å². The molecule has 2 saturated carbocycles. The molecule has 2 N–H and O–H groups in total. The summed E-state index contributed by atoms with van der Waals surface area (Å²) < 4.78 is 0. The molecule has 1 saturated heterocycles. The quantitative estimate of drug-likeness (QED) is 0.273. The third-order valence-electron chi connectivity index (χ3n) is 6.46. The van der Waals surface area contributed by atoms with Crippen molar-refractivity contribution in [3.05, 3.63) is 40.0 Å². The largest absolute Gasteiger partial charge is 0.507 e. The van der Waals surface area contributed by atoms with Crippen LogP contribution in [0.5, 0.6) is 11.5 Å². The van der Waals surface area contributed by atoms with Crippen LogP contribution in [0.15, 0.2) is 29.4 Å². The molecule has 9 nitrogen and oxygen atoms in total. The lowest BCUT2D eigenvalue weighted by atomic mass is 9.85. The van der Waals surface area contributed by atoms with Gasteiger partial charge in [-0.15, -0.1) is 0 Å². The molecule has 2 amide bonds. The van der Waals surface area contributed by atoms with Crippen molar-refractivity contribution in [3.63, 3.8) is 0 Å². The van der Waals surface area contributed by atoms with Gasteiger partial charge in [0.2, 0.25) is 0 Å². The van der Waals surface area contributed by atoms with Crippen LogP contribution in [0.2, 0.25) is 0 Å². The average molecular weight is 369 g/mol. The zero-order valence-electron chi connectivity index (χ0n) is 14.0. The number of carbonyl (C=O) groups excluding carboxylic acids is 2. The highest BCUT2D eigenvalue weighted by Gasteiger charge is 2.73. The van der Waals surface area contributed by atoms with E-state index in [4.69, 9.17) is 0 Å². The second kappa shape index (κ2) is 4.93. The molecule has 0 radical (unpaired) electrons. The van der Waals surface area contributed by atoms with E-state index in [0.717, 1.165) is 36.2 Å². The number of phenolic OH excluding ortho intramolecular Hbond substituents is 2. The number of rotatable bonds is 3. The fourth-order valence-electron chi connectivity index (χ4n) is 5.13. The molecule has 4 unspecified atom stereocenters. The Balaban J connectivity index is 1.45. The number of amides is 2. The van der Waals surface area contributed by atoms with Gasteiger partial charge in [-0.05, 0) is 30.1 Å². The van der Waals surface area contributed by atoms with E-state index >= 15 is 0 Å². The number of allylic oxidation sites excluding steroid dienone is 2. The Morgan fingerprint density at radius 1 is 1.11 bits per heavy atom. The Labute approximate surface area is 152 Å². The Kier molecular flexibility index (Phi) is 2.92.